The van der Waals surface area contributed by atoms with Crippen molar-refractivity contribution < 1.29 is 18.8 Å². The van der Waals surface area contributed by atoms with Crippen LogP contribution in [-0.4, -0.2) is 33.5 Å². The first-order chi connectivity index (χ1) is 14.4. The highest BCUT2D eigenvalue weighted by atomic mass is 32.2. The van der Waals surface area contributed by atoms with E-state index in [2.05, 4.69) is 10.4 Å². The summed E-state index contributed by atoms with van der Waals surface area (Å²) < 4.78 is 19.7. The summed E-state index contributed by atoms with van der Waals surface area (Å²) >= 11 is 1.32. The van der Waals surface area contributed by atoms with E-state index in [0.29, 0.717) is 28.5 Å². The van der Waals surface area contributed by atoms with Gasteiger partial charge in [-0.3, -0.25) is 14.9 Å². The van der Waals surface area contributed by atoms with Gasteiger partial charge in [-0.15, -0.1) is 11.8 Å². The number of nitro benzene ring substituents is 1. The minimum atomic E-state index is -0.501. The zero-order valence-electron chi connectivity index (χ0n) is 16.3. The number of halogens is 1. The van der Waals surface area contributed by atoms with Gasteiger partial charge in [0.15, 0.2) is 5.75 Å². The highest BCUT2D eigenvalue weighted by Crippen LogP contribution is 2.29. The Bertz CT molecular complexity index is 1070. The summed E-state index contributed by atoms with van der Waals surface area (Å²) in [5.41, 5.74) is 1.93. The lowest BCUT2D eigenvalue weighted by atomic mass is 10.2. The Morgan fingerprint density at radius 2 is 2.00 bits per heavy atom. The van der Waals surface area contributed by atoms with Crippen LogP contribution >= 0.6 is 11.8 Å². The number of ether oxygens (including phenoxy) is 1. The molecule has 0 spiro atoms. The predicted molar refractivity (Wildman–Crippen MR) is 113 cm³/mol. The molecule has 0 saturated carbocycles. The molecule has 0 aliphatic carbocycles. The molecule has 10 heteroatoms. The molecule has 0 atom stereocenters. The largest absolute Gasteiger partial charge is 0.490 e. The number of amides is 1. The highest BCUT2D eigenvalue weighted by Gasteiger charge is 2.16. The summed E-state index contributed by atoms with van der Waals surface area (Å²) in [5, 5.41) is 18.2. The molecule has 156 valence electrons. The van der Waals surface area contributed by atoms with E-state index in [-0.39, 0.29) is 28.9 Å². The van der Waals surface area contributed by atoms with Gasteiger partial charge in [-0.25, -0.2) is 9.07 Å². The molecule has 0 aliphatic heterocycles. The number of thioether (sulfide) groups is 1. The van der Waals surface area contributed by atoms with Crippen LogP contribution in [0.25, 0.3) is 5.69 Å². The lowest BCUT2D eigenvalue weighted by Gasteiger charge is -2.09. The molecule has 2 aromatic carbocycles. The topological polar surface area (TPSA) is 99.3 Å². The monoisotopic (exact) mass is 430 g/mol. The van der Waals surface area contributed by atoms with Gasteiger partial charge in [-0.05, 0) is 42.8 Å². The van der Waals surface area contributed by atoms with Crippen LogP contribution in [0.2, 0.25) is 0 Å². The number of hydrogen-bond donors (Lipinski definition) is 1. The molecule has 30 heavy (non-hydrogen) atoms. The summed E-state index contributed by atoms with van der Waals surface area (Å²) in [4.78, 5) is 23.0. The van der Waals surface area contributed by atoms with Crippen molar-refractivity contribution in [3.8, 4) is 11.4 Å². The van der Waals surface area contributed by atoms with Gasteiger partial charge < -0.3 is 10.1 Å². The third kappa shape index (κ3) is 5.15. The molecular weight excluding hydrogens is 411 g/mol. The molecule has 8 nitrogen and oxygen atoms in total. The van der Waals surface area contributed by atoms with E-state index in [1.165, 1.54) is 47.8 Å². The summed E-state index contributed by atoms with van der Waals surface area (Å²) in [6.07, 6.45) is 0. The van der Waals surface area contributed by atoms with Gasteiger partial charge in [0.05, 0.1) is 29.2 Å². The average Bonchev–Trinajstić information content (AvgIpc) is 3.08. The van der Waals surface area contributed by atoms with E-state index in [9.17, 15) is 19.3 Å². The van der Waals surface area contributed by atoms with E-state index in [0.717, 1.165) is 0 Å². The second-order valence-electron chi connectivity index (χ2n) is 6.36. The molecule has 0 radical (unpaired) electrons. The van der Waals surface area contributed by atoms with Crippen molar-refractivity contribution >= 4 is 29.2 Å². The SMILES string of the molecule is COc1ccc(CSCC(=O)Nc2cc(C)nn2-c2ccc(F)cc2)cc1[N+](=O)[O-]. The Balaban J connectivity index is 1.61. The van der Waals surface area contributed by atoms with Crippen LogP contribution in [0.5, 0.6) is 5.75 Å². The first kappa shape index (κ1) is 21.3. The molecule has 3 rings (SSSR count). The number of aryl methyl sites for hydroxylation is 1. The van der Waals surface area contributed by atoms with Crippen molar-refractivity contribution in [1.29, 1.82) is 0 Å². The van der Waals surface area contributed by atoms with E-state index >= 15 is 0 Å². The first-order valence-electron chi connectivity index (χ1n) is 8.89. The maximum atomic E-state index is 13.2. The second-order valence-corrected chi connectivity index (χ2v) is 7.35. The van der Waals surface area contributed by atoms with Gasteiger partial charge in [0.2, 0.25) is 5.91 Å². The second kappa shape index (κ2) is 9.40. The molecule has 3 aromatic rings. The fraction of sp³-hybridized carbons (Fsp3) is 0.200. The summed E-state index contributed by atoms with van der Waals surface area (Å²) in [6, 6.07) is 12.2. The predicted octanol–water partition coefficient (Wildman–Crippen LogP) is 4.11. The first-order valence-corrected chi connectivity index (χ1v) is 10.0. The number of carbonyl (C=O) groups is 1. The van der Waals surface area contributed by atoms with Crippen LogP contribution in [0.1, 0.15) is 11.3 Å². The fourth-order valence-electron chi connectivity index (χ4n) is 2.78. The lowest BCUT2D eigenvalue weighted by Crippen LogP contribution is -2.17. The number of hydrogen-bond acceptors (Lipinski definition) is 6. The van der Waals surface area contributed by atoms with Crippen LogP contribution in [0.3, 0.4) is 0 Å². The van der Waals surface area contributed by atoms with Gasteiger partial charge in [-0.2, -0.15) is 5.10 Å². The third-order valence-electron chi connectivity index (χ3n) is 4.11. The zero-order chi connectivity index (χ0) is 21.7. The van der Waals surface area contributed by atoms with Crippen LogP contribution in [0.4, 0.5) is 15.9 Å². The maximum absolute atomic E-state index is 13.2. The molecule has 1 heterocycles. The van der Waals surface area contributed by atoms with Crippen molar-refractivity contribution in [3.05, 3.63) is 75.7 Å². The van der Waals surface area contributed by atoms with Crippen molar-refractivity contribution in [2.24, 2.45) is 0 Å². The Kier molecular flexibility index (Phi) is 6.68. The Labute approximate surface area is 176 Å². The van der Waals surface area contributed by atoms with Crippen LogP contribution in [-0.2, 0) is 10.5 Å². The number of anilines is 1. The number of aromatic nitrogens is 2. The third-order valence-corrected chi connectivity index (χ3v) is 5.12. The number of nitrogens with one attached hydrogen (secondary N) is 1. The summed E-state index contributed by atoms with van der Waals surface area (Å²) in [5.74, 6) is 0.637. The molecule has 1 amide bonds. The van der Waals surface area contributed by atoms with E-state index in [1.54, 1.807) is 31.2 Å². The van der Waals surface area contributed by atoms with Crippen LogP contribution < -0.4 is 10.1 Å². The quantitative estimate of drug-likeness (QED) is 0.427. The Morgan fingerprint density at radius 1 is 1.27 bits per heavy atom. The zero-order valence-corrected chi connectivity index (χ0v) is 17.1. The molecule has 1 N–H and O–H groups in total. The average molecular weight is 430 g/mol. The number of rotatable bonds is 8. The maximum Gasteiger partial charge on any atom is 0.311 e. The highest BCUT2D eigenvalue weighted by molar-refractivity contribution is 7.99. The van der Waals surface area contributed by atoms with Gasteiger partial charge in [0.25, 0.3) is 0 Å². The number of nitro groups is 1. The van der Waals surface area contributed by atoms with Crippen molar-refractivity contribution in [1.82, 2.24) is 9.78 Å². The Morgan fingerprint density at radius 3 is 2.67 bits per heavy atom. The van der Waals surface area contributed by atoms with Gasteiger partial charge >= 0.3 is 5.69 Å². The van der Waals surface area contributed by atoms with Gasteiger partial charge in [0, 0.05) is 17.9 Å². The number of nitrogens with zero attached hydrogens (tertiary/aromatic N) is 3. The molecule has 1 aromatic heterocycles. The molecule has 0 unspecified atom stereocenters. The van der Waals surface area contributed by atoms with Crippen LogP contribution in [0.15, 0.2) is 48.5 Å². The minimum Gasteiger partial charge on any atom is -0.490 e. The molecule has 0 aliphatic rings. The molecule has 0 fully saturated rings. The number of benzene rings is 2. The minimum absolute atomic E-state index is 0.112. The molecule has 0 bridgehead atoms. The molecular formula is C20H19FN4O4S. The van der Waals surface area contributed by atoms with Gasteiger partial charge in [-0.1, -0.05) is 6.07 Å². The van der Waals surface area contributed by atoms with E-state index in [4.69, 9.17) is 4.74 Å². The summed E-state index contributed by atoms with van der Waals surface area (Å²) in [6.45, 7) is 1.79. The van der Waals surface area contributed by atoms with E-state index in [1.807, 2.05) is 0 Å². The summed E-state index contributed by atoms with van der Waals surface area (Å²) in [7, 11) is 1.37. The fourth-order valence-corrected chi connectivity index (χ4v) is 3.55. The standard InChI is InChI=1S/C20H19FN4O4S/c1-13-9-19(24(23-13)16-6-4-15(21)5-7-16)22-20(26)12-30-11-14-3-8-18(29-2)17(10-14)25(27)28/h3-10H,11-12H2,1-2H3,(H,22,26). The normalized spacial score (nSPS) is 10.6. The number of methoxy groups -OCH3 is 1. The smallest absolute Gasteiger partial charge is 0.311 e. The number of carbonyl (C=O) groups excluding carboxylic acids is 1. The van der Waals surface area contributed by atoms with Gasteiger partial charge in [0.1, 0.15) is 11.6 Å². The lowest BCUT2D eigenvalue weighted by molar-refractivity contribution is -0.385. The Hall–Kier alpha value is -3.40. The molecule has 0 saturated heterocycles. The van der Waals surface area contributed by atoms with Crippen molar-refractivity contribution in [2.75, 3.05) is 18.2 Å². The van der Waals surface area contributed by atoms with Crippen molar-refractivity contribution in [2.45, 2.75) is 12.7 Å². The van der Waals surface area contributed by atoms with Crippen molar-refractivity contribution in [3.63, 3.8) is 0 Å². The van der Waals surface area contributed by atoms with Crippen LogP contribution in [0, 0.1) is 22.9 Å². The van der Waals surface area contributed by atoms with E-state index < -0.39 is 4.92 Å².